The van der Waals surface area contributed by atoms with E-state index in [-0.39, 0.29) is 0 Å². The van der Waals surface area contributed by atoms with E-state index >= 15 is 0 Å². The van der Waals surface area contributed by atoms with Gasteiger partial charge in [0.1, 0.15) is 0 Å². The van der Waals surface area contributed by atoms with Gasteiger partial charge in [0, 0.05) is 17.7 Å². The Balaban J connectivity index is 1.92. The Labute approximate surface area is 83.2 Å². The number of thiazole rings is 1. The minimum Gasteiger partial charge on any atom is -0.330 e. The van der Waals surface area contributed by atoms with Crippen molar-refractivity contribution in [1.29, 1.82) is 0 Å². The smallest absolute Gasteiger partial charge is 0.0928 e. The molecule has 0 aromatic carbocycles. The molecule has 0 amide bonds. The van der Waals surface area contributed by atoms with Gasteiger partial charge in [0.05, 0.1) is 10.7 Å². The fraction of sp³-hybridized carbons (Fsp3) is 0.700. The van der Waals surface area contributed by atoms with Crippen LogP contribution in [-0.4, -0.2) is 11.5 Å². The second-order valence-electron chi connectivity index (χ2n) is 3.69. The Kier molecular flexibility index (Phi) is 2.96. The van der Waals surface area contributed by atoms with Crippen LogP contribution >= 0.6 is 11.3 Å². The van der Waals surface area contributed by atoms with E-state index in [1.807, 2.05) is 0 Å². The highest BCUT2D eigenvalue weighted by Crippen LogP contribution is 2.36. The van der Waals surface area contributed by atoms with Gasteiger partial charge < -0.3 is 5.73 Å². The summed E-state index contributed by atoms with van der Waals surface area (Å²) in [5.74, 6) is 0.780. The summed E-state index contributed by atoms with van der Waals surface area (Å²) in [5.41, 5.74) is 6.79. The van der Waals surface area contributed by atoms with Crippen LogP contribution in [0.25, 0.3) is 0 Å². The van der Waals surface area contributed by atoms with Crippen molar-refractivity contribution < 1.29 is 0 Å². The lowest BCUT2D eigenvalue weighted by Gasteiger charge is -2.22. The van der Waals surface area contributed by atoms with Crippen LogP contribution in [0, 0.1) is 0 Å². The van der Waals surface area contributed by atoms with Gasteiger partial charge in [-0.3, -0.25) is 0 Å². The number of aromatic nitrogens is 1. The lowest BCUT2D eigenvalue weighted by Crippen LogP contribution is -2.09. The summed E-state index contributed by atoms with van der Waals surface area (Å²) in [6.07, 6.45) is 6.21. The molecule has 2 rings (SSSR count). The van der Waals surface area contributed by atoms with Crippen molar-refractivity contribution in [2.45, 2.75) is 38.0 Å². The predicted octanol–water partition coefficient (Wildman–Crippen LogP) is 2.30. The molecule has 0 radical (unpaired) electrons. The molecular weight excluding hydrogens is 180 g/mol. The van der Waals surface area contributed by atoms with Gasteiger partial charge in [-0.15, -0.1) is 11.3 Å². The predicted molar refractivity (Wildman–Crippen MR) is 56.1 cm³/mol. The normalized spacial score (nSPS) is 17.3. The molecule has 1 saturated carbocycles. The summed E-state index contributed by atoms with van der Waals surface area (Å²) >= 11 is 1.80. The molecule has 2 nitrogen and oxygen atoms in total. The summed E-state index contributed by atoms with van der Waals surface area (Å²) in [7, 11) is 0. The van der Waals surface area contributed by atoms with Gasteiger partial charge in [0.15, 0.2) is 0 Å². The monoisotopic (exact) mass is 196 g/mol. The van der Waals surface area contributed by atoms with Gasteiger partial charge in [0.2, 0.25) is 0 Å². The molecule has 2 N–H and O–H groups in total. The highest BCUT2D eigenvalue weighted by Gasteiger charge is 2.21. The van der Waals surface area contributed by atoms with Gasteiger partial charge in [-0.2, -0.15) is 0 Å². The van der Waals surface area contributed by atoms with E-state index in [2.05, 4.69) is 10.4 Å². The van der Waals surface area contributed by atoms with Crippen LogP contribution < -0.4 is 5.73 Å². The van der Waals surface area contributed by atoms with Crippen LogP contribution in [0.1, 0.15) is 42.3 Å². The Morgan fingerprint density at radius 2 is 2.38 bits per heavy atom. The summed E-state index contributed by atoms with van der Waals surface area (Å²) in [6, 6.07) is 0. The molecule has 0 saturated heterocycles. The maximum absolute atomic E-state index is 5.46. The van der Waals surface area contributed by atoms with Gasteiger partial charge >= 0.3 is 0 Å². The minimum absolute atomic E-state index is 0.776. The highest BCUT2D eigenvalue weighted by molar-refractivity contribution is 7.09. The van der Waals surface area contributed by atoms with Crippen molar-refractivity contribution in [1.82, 2.24) is 4.98 Å². The van der Waals surface area contributed by atoms with Gasteiger partial charge in [-0.25, -0.2) is 4.98 Å². The van der Waals surface area contributed by atoms with Crippen molar-refractivity contribution in [3.8, 4) is 0 Å². The molecule has 1 aliphatic carbocycles. The summed E-state index contributed by atoms with van der Waals surface area (Å²) < 4.78 is 0. The van der Waals surface area contributed by atoms with Crippen LogP contribution in [0.5, 0.6) is 0 Å². The first-order valence-electron chi connectivity index (χ1n) is 5.04. The van der Waals surface area contributed by atoms with E-state index in [1.54, 1.807) is 11.3 Å². The Morgan fingerprint density at radius 1 is 1.54 bits per heavy atom. The molecule has 1 aliphatic rings. The van der Waals surface area contributed by atoms with Crippen molar-refractivity contribution >= 4 is 11.3 Å². The molecule has 0 atom stereocenters. The first-order chi connectivity index (χ1) is 6.40. The molecule has 1 aromatic rings. The molecule has 0 aliphatic heterocycles. The molecule has 3 heteroatoms. The number of hydrogen-bond donors (Lipinski definition) is 1. The minimum atomic E-state index is 0.776. The van der Waals surface area contributed by atoms with Crippen molar-refractivity contribution in [2.75, 3.05) is 6.54 Å². The summed E-state index contributed by atoms with van der Waals surface area (Å²) in [4.78, 5) is 4.63. The highest BCUT2D eigenvalue weighted by atomic mass is 32.1. The lowest BCUT2D eigenvalue weighted by atomic mass is 9.83. The molecule has 13 heavy (non-hydrogen) atoms. The summed E-state index contributed by atoms with van der Waals surface area (Å²) in [6.45, 7) is 0.776. The van der Waals surface area contributed by atoms with Crippen LogP contribution in [0.15, 0.2) is 5.38 Å². The molecule has 0 bridgehead atoms. The van der Waals surface area contributed by atoms with Crippen molar-refractivity contribution in [2.24, 2.45) is 5.73 Å². The van der Waals surface area contributed by atoms with Crippen molar-refractivity contribution in [3.05, 3.63) is 16.1 Å². The third kappa shape index (κ3) is 2.09. The van der Waals surface area contributed by atoms with Gasteiger partial charge in [-0.1, -0.05) is 6.42 Å². The van der Waals surface area contributed by atoms with E-state index in [4.69, 9.17) is 5.73 Å². The standard InChI is InChI=1S/C10H16N2S/c11-6-2-5-10-12-9(7-13-10)8-3-1-4-8/h7-8H,1-6,11H2. The van der Waals surface area contributed by atoms with E-state index in [1.165, 1.54) is 30.0 Å². The first kappa shape index (κ1) is 9.16. The number of rotatable bonds is 4. The topological polar surface area (TPSA) is 38.9 Å². The van der Waals surface area contributed by atoms with Gasteiger partial charge in [-0.05, 0) is 25.8 Å². The maximum Gasteiger partial charge on any atom is 0.0928 e. The van der Waals surface area contributed by atoms with Gasteiger partial charge in [0.25, 0.3) is 0 Å². The largest absolute Gasteiger partial charge is 0.330 e. The van der Waals surface area contributed by atoms with Crippen LogP contribution in [0.2, 0.25) is 0 Å². The van der Waals surface area contributed by atoms with Crippen molar-refractivity contribution in [3.63, 3.8) is 0 Å². The third-order valence-electron chi connectivity index (χ3n) is 2.69. The maximum atomic E-state index is 5.46. The quantitative estimate of drug-likeness (QED) is 0.802. The van der Waals surface area contributed by atoms with E-state index < -0.39 is 0 Å². The molecule has 1 aromatic heterocycles. The fourth-order valence-electron chi connectivity index (χ4n) is 1.58. The number of hydrogen-bond acceptors (Lipinski definition) is 3. The zero-order chi connectivity index (χ0) is 9.10. The van der Waals surface area contributed by atoms with Crippen LogP contribution in [0.3, 0.4) is 0 Å². The SMILES string of the molecule is NCCCc1nc(C2CCC2)cs1. The summed E-state index contributed by atoms with van der Waals surface area (Å²) in [5, 5.41) is 3.50. The van der Waals surface area contributed by atoms with E-state index in [0.717, 1.165) is 25.3 Å². The molecular formula is C10H16N2S. The lowest BCUT2D eigenvalue weighted by molar-refractivity contribution is 0.412. The number of nitrogens with two attached hydrogens (primary N) is 1. The second-order valence-corrected chi connectivity index (χ2v) is 4.63. The Bertz CT molecular complexity index is 266. The zero-order valence-corrected chi connectivity index (χ0v) is 8.65. The average Bonchev–Trinajstić information content (AvgIpc) is 2.46. The Morgan fingerprint density at radius 3 is 3.00 bits per heavy atom. The van der Waals surface area contributed by atoms with E-state index in [0.29, 0.717) is 0 Å². The Hall–Kier alpha value is -0.410. The second kappa shape index (κ2) is 4.20. The first-order valence-corrected chi connectivity index (χ1v) is 5.92. The van der Waals surface area contributed by atoms with Crippen LogP contribution in [-0.2, 0) is 6.42 Å². The molecule has 72 valence electrons. The third-order valence-corrected chi connectivity index (χ3v) is 3.61. The zero-order valence-electron chi connectivity index (χ0n) is 7.83. The van der Waals surface area contributed by atoms with E-state index in [9.17, 15) is 0 Å². The molecule has 0 unspecified atom stereocenters. The molecule has 1 heterocycles. The number of aryl methyl sites for hydroxylation is 1. The molecule has 1 fully saturated rings. The number of nitrogens with zero attached hydrogens (tertiary/aromatic N) is 1. The fourth-order valence-corrected chi connectivity index (χ4v) is 2.51. The molecule has 0 spiro atoms. The van der Waals surface area contributed by atoms with Crippen LogP contribution in [0.4, 0.5) is 0 Å². The average molecular weight is 196 g/mol.